The Kier molecular flexibility index (Phi) is 10.1. The summed E-state index contributed by atoms with van der Waals surface area (Å²) < 4.78 is 18.6. The Hall–Kier alpha value is -5.46. The highest BCUT2D eigenvalue weighted by Crippen LogP contribution is 2.37. The molecule has 0 aliphatic carbocycles. The monoisotopic (exact) mass is 693 g/mol. The van der Waals surface area contributed by atoms with Gasteiger partial charge < -0.3 is 14.2 Å². The molecule has 5 aromatic rings. The second-order valence-electron chi connectivity index (χ2n) is 10.8. The highest BCUT2D eigenvalue weighted by molar-refractivity contribution is 7.98. The van der Waals surface area contributed by atoms with Crippen molar-refractivity contribution >= 4 is 46.5 Å². The average molecular weight is 694 g/mol. The van der Waals surface area contributed by atoms with Gasteiger partial charge in [-0.2, -0.15) is 0 Å². The fourth-order valence-electron chi connectivity index (χ4n) is 5.53. The van der Waals surface area contributed by atoms with Crippen molar-refractivity contribution in [2.75, 3.05) is 20.0 Å². The zero-order valence-corrected chi connectivity index (χ0v) is 28.5. The quantitative estimate of drug-likeness (QED) is 0.0699. The first-order valence-corrected chi connectivity index (χ1v) is 17.3. The van der Waals surface area contributed by atoms with Gasteiger partial charge in [0, 0.05) is 10.5 Å². The standard InChI is InChI=1S/C37H31N3O7S2/c1-4-46-36(42)32-33(24-13-9-6-10-14-24)38-37-39(34(32)25-15-17-27(48-3)18-16-25)35(41)31(49-37)20-26-19-29(45-2)30(21-28(26)40(43)44)47-22-23-11-7-5-8-12-23/h5-21,34H,4,22H2,1-3H3/b31-20-/t34-/m1/s1. The van der Waals surface area contributed by atoms with Crippen LogP contribution in [0.5, 0.6) is 11.5 Å². The maximum absolute atomic E-state index is 14.3. The van der Waals surface area contributed by atoms with Gasteiger partial charge in [0.2, 0.25) is 0 Å². The second-order valence-corrected chi connectivity index (χ2v) is 12.7. The number of nitro groups is 1. The maximum Gasteiger partial charge on any atom is 0.338 e. The van der Waals surface area contributed by atoms with Crippen LogP contribution < -0.4 is 24.4 Å². The summed E-state index contributed by atoms with van der Waals surface area (Å²) in [6.07, 6.45) is 3.42. The summed E-state index contributed by atoms with van der Waals surface area (Å²) in [5.74, 6) is -0.134. The van der Waals surface area contributed by atoms with Crippen molar-refractivity contribution < 1.29 is 23.9 Å². The summed E-state index contributed by atoms with van der Waals surface area (Å²) in [5.41, 5.74) is 2.27. The number of nitrogens with zero attached hydrogens (tertiary/aromatic N) is 3. The smallest absolute Gasteiger partial charge is 0.338 e. The summed E-state index contributed by atoms with van der Waals surface area (Å²) >= 11 is 2.65. The molecule has 1 aliphatic heterocycles. The van der Waals surface area contributed by atoms with Crippen LogP contribution in [0.4, 0.5) is 5.69 Å². The zero-order valence-electron chi connectivity index (χ0n) is 26.8. The van der Waals surface area contributed by atoms with Crippen molar-refractivity contribution in [1.29, 1.82) is 0 Å². The third-order valence-corrected chi connectivity index (χ3v) is 9.57. The Balaban J connectivity index is 1.55. The van der Waals surface area contributed by atoms with Crippen molar-refractivity contribution in [3.8, 4) is 11.5 Å². The molecule has 0 saturated heterocycles. The van der Waals surface area contributed by atoms with Crippen LogP contribution in [0.2, 0.25) is 0 Å². The lowest BCUT2D eigenvalue weighted by Gasteiger charge is -2.26. The van der Waals surface area contributed by atoms with Crippen LogP contribution in [0.15, 0.2) is 117 Å². The van der Waals surface area contributed by atoms with E-state index in [1.165, 1.54) is 29.9 Å². The number of hydrogen-bond donors (Lipinski definition) is 0. The molecule has 0 fully saturated rings. The van der Waals surface area contributed by atoms with E-state index < -0.39 is 22.5 Å². The Morgan fingerprint density at radius 3 is 2.35 bits per heavy atom. The molecule has 6 rings (SSSR count). The minimum atomic E-state index is -0.873. The molecule has 0 saturated carbocycles. The van der Waals surface area contributed by atoms with Gasteiger partial charge in [-0.1, -0.05) is 84.1 Å². The lowest BCUT2D eigenvalue weighted by atomic mass is 9.93. The van der Waals surface area contributed by atoms with Gasteiger partial charge in [0.05, 0.1) is 52.1 Å². The Bertz CT molecular complexity index is 2230. The number of rotatable bonds is 11. The van der Waals surface area contributed by atoms with Crippen LogP contribution >= 0.6 is 23.1 Å². The first-order valence-electron chi connectivity index (χ1n) is 15.3. The van der Waals surface area contributed by atoms with Gasteiger partial charge in [0.1, 0.15) is 6.61 Å². The fourth-order valence-corrected chi connectivity index (χ4v) is 6.93. The number of aromatic nitrogens is 1. The van der Waals surface area contributed by atoms with Crippen LogP contribution in [0, 0.1) is 10.1 Å². The van der Waals surface area contributed by atoms with Crippen molar-refractivity contribution in [2.45, 2.75) is 24.5 Å². The van der Waals surface area contributed by atoms with Crippen LogP contribution in [0.25, 0.3) is 11.8 Å². The number of esters is 1. The molecular formula is C37H31N3O7S2. The van der Waals surface area contributed by atoms with Crippen molar-refractivity contribution in [3.63, 3.8) is 0 Å². The minimum absolute atomic E-state index is 0.128. The topological polar surface area (TPSA) is 122 Å². The fraction of sp³-hybridized carbons (Fsp3) is 0.162. The summed E-state index contributed by atoms with van der Waals surface area (Å²) in [7, 11) is 1.44. The summed E-state index contributed by atoms with van der Waals surface area (Å²) in [5, 5.41) is 12.3. The lowest BCUT2D eigenvalue weighted by molar-refractivity contribution is -0.385. The number of nitro benzene ring substituents is 1. The molecule has 49 heavy (non-hydrogen) atoms. The van der Waals surface area contributed by atoms with Gasteiger partial charge in [-0.15, -0.1) is 11.8 Å². The minimum Gasteiger partial charge on any atom is -0.493 e. The Labute approximate surface area is 289 Å². The molecule has 0 N–H and O–H groups in total. The molecule has 1 aliphatic rings. The van der Waals surface area contributed by atoms with Crippen molar-refractivity contribution in [2.24, 2.45) is 4.99 Å². The van der Waals surface area contributed by atoms with Gasteiger partial charge in [-0.05, 0) is 48.6 Å². The van der Waals surface area contributed by atoms with E-state index >= 15 is 0 Å². The SMILES string of the molecule is CCOC(=O)C1=C(c2ccccc2)N=c2s/c(=C\c3cc(OC)c(OCc4ccccc4)cc3[N+](=O)[O-])c(=O)n2[C@@H]1c1ccc(SC)cc1. The van der Waals surface area contributed by atoms with Crippen LogP contribution in [0.1, 0.15) is 35.2 Å². The first-order chi connectivity index (χ1) is 23.8. The molecule has 2 heterocycles. The number of thioether (sulfide) groups is 1. The first kappa shape index (κ1) is 33.4. The van der Waals surface area contributed by atoms with Crippen LogP contribution in [0.3, 0.4) is 0 Å². The van der Waals surface area contributed by atoms with Gasteiger partial charge in [0.15, 0.2) is 16.3 Å². The molecular weight excluding hydrogens is 663 g/mol. The van der Waals surface area contributed by atoms with E-state index in [9.17, 15) is 19.7 Å². The van der Waals surface area contributed by atoms with Crippen molar-refractivity contribution in [3.05, 3.63) is 155 Å². The number of thiazole rings is 1. The number of hydrogen-bond acceptors (Lipinski definition) is 10. The zero-order chi connectivity index (χ0) is 34.5. The largest absolute Gasteiger partial charge is 0.493 e. The Morgan fingerprint density at radius 1 is 1.02 bits per heavy atom. The predicted octanol–water partition coefficient (Wildman–Crippen LogP) is 6.15. The van der Waals surface area contributed by atoms with Gasteiger partial charge in [-0.25, -0.2) is 9.79 Å². The van der Waals surface area contributed by atoms with Crippen LogP contribution in [-0.4, -0.2) is 35.4 Å². The number of carbonyl (C=O) groups excluding carboxylic acids is 1. The highest BCUT2D eigenvalue weighted by atomic mass is 32.2. The van der Waals surface area contributed by atoms with E-state index in [4.69, 9.17) is 19.2 Å². The van der Waals surface area contributed by atoms with Gasteiger partial charge in [-0.3, -0.25) is 19.5 Å². The summed E-state index contributed by atoms with van der Waals surface area (Å²) in [6, 6.07) is 28.2. The second kappa shape index (κ2) is 14.8. The molecule has 1 atom stereocenters. The number of benzene rings is 4. The number of ether oxygens (including phenoxy) is 3. The van der Waals surface area contributed by atoms with Gasteiger partial charge >= 0.3 is 5.97 Å². The number of fused-ring (bicyclic) bond motifs is 1. The molecule has 0 radical (unpaired) electrons. The molecule has 0 amide bonds. The average Bonchev–Trinajstić information content (AvgIpc) is 3.44. The summed E-state index contributed by atoms with van der Waals surface area (Å²) in [4.78, 5) is 46.0. The molecule has 248 valence electrons. The molecule has 0 unspecified atom stereocenters. The molecule has 10 nitrogen and oxygen atoms in total. The molecule has 4 aromatic carbocycles. The van der Waals surface area contributed by atoms with E-state index in [0.717, 1.165) is 21.8 Å². The molecule has 0 bridgehead atoms. The third kappa shape index (κ3) is 6.92. The van der Waals surface area contributed by atoms with E-state index in [2.05, 4.69) is 0 Å². The van der Waals surface area contributed by atoms with Crippen LogP contribution in [-0.2, 0) is 16.1 Å². The van der Waals surface area contributed by atoms with Crippen molar-refractivity contribution in [1.82, 2.24) is 4.57 Å². The third-order valence-electron chi connectivity index (χ3n) is 7.84. The van der Waals surface area contributed by atoms with E-state index in [1.54, 1.807) is 18.7 Å². The highest BCUT2D eigenvalue weighted by Gasteiger charge is 2.35. The van der Waals surface area contributed by atoms with E-state index in [1.807, 2.05) is 91.2 Å². The number of carbonyl (C=O) groups is 1. The molecule has 1 aromatic heterocycles. The van der Waals surface area contributed by atoms with Gasteiger partial charge in [0.25, 0.3) is 11.2 Å². The molecule has 0 spiro atoms. The van der Waals surface area contributed by atoms with E-state index in [0.29, 0.717) is 21.6 Å². The predicted molar refractivity (Wildman–Crippen MR) is 190 cm³/mol. The lowest BCUT2D eigenvalue weighted by Crippen LogP contribution is -2.40. The molecule has 12 heteroatoms. The number of methoxy groups -OCH3 is 1. The maximum atomic E-state index is 14.3. The normalized spacial score (nSPS) is 14.2. The summed E-state index contributed by atoms with van der Waals surface area (Å²) in [6.45, 7) is 2.03. The Morgan fingerprint density at radius 2 is 1.71 bits per heavy atom. The van der Waals surface area contributed by atoms with E-state index in [-0.39, 0.29) is 46.1 Å².